The second-order valence-electron chi connectivity index (χ2n) is 20.3. The topological polar surface area (TPSA) is 123 Å². The lowest BCUT2D eigenvalue weighted by atomic mass is 9.88. The standard InChI is InChI=1S/C26H33NO4.C15H24O2.C11H10BrNO2/c1-25(2,3)17-18-12-13-21(22(16-18)31-26(4,5)6)30-15-9-14-27-23(28)19-10-7-8-11-20(19)24(27)29;1-14(2,3)10-11-7-8-12(16)13(9-11)17-15(4,5)6;12-6-3-7-13-10(14)8-4-1-2-5-9(8)11(13)15/h7-8,10-13,16H,9,14-15,17H2,1-6H3;7-9,16H,10H2,1-6H3;1-2,4-5H,3,6-7H2. The molecular weight excluding hydrogens is 860 g/mol. The summed E-state index contributed by atoms with van der Waals surface area (Å²) in [6, 6.07) is 25.6. The number of rotatable bonds is 12. The normalized spacial score (nSPS) is 13.8. The Morgan fingerprint density at radius 3 is 1.29 bits per heavy atom. The third-order valence-electron chi connectivity index (χ3n) is 9.39. The molecule has 4 amide bonds. The van der Waals surface area contributed by atoms with E-state index < -0.39 is 0 Å². The van der Waals surface area contributed by atoms with E-state index in [-0.39, 0.29) is 51.4 Å². The van der Waals surface area contributed by atoms with E-state index in [1.54, 1.807) is 54.6 Å². The SMILES string of the molecule is CC(C)(C)Cc1ccc(O)c(OC(C)(C)C)c1.CC(C)(C)Cc1ccc(OCCCN2C(=O)c3ccccc3C2=O)c(OC(C)(C)C)c1.O=C1c2ccccc2C(=O)N1CCCBr. The maximum absolute atomic E-state index is 12.5. The molecular formula is C52H67BrN2O8. The predicted molar refractivity (Wildman–Crippen MR) is 254 cm³/mol. The highest BCUT2D eigenvalue weighted by Crippen LogP contribution is 2.35. The zero-order valence-corrected chi connectivity index (χ0v) is 40.9. The van der Waals surface area contributed by atoms with Gasteiger partial charge in [0.1, 0.15) is 11.2 Å². The minimum Gasteiger partial charge on any atom is -0.504 e. The van der Waals surface area contributed by atoms with Gasteiger partial charge >= 0.3 is 0 Å². The molecule has 10 nitrogen and oxygen atoms in total. The number of amides is 4. The number of fused-ring (bicyclic) bond motifs is 2. The number of benzene rings is 4. The van der Waals surface area contributed by atoms with Gasteiger partial charge in [0, 0.05) is 18.4 Å². The molecule has 0 aliphatic carbocycles. The highest BCUT2D eigenvalue weighted by atomic mass is 79.9. The quantitative estimate of drug-likeness (QED) is 0.0847. The van der Waals surface area contributed by atoms with E-state index in [4.69, 9.17) is 14.2 Å². The Bertz CT molecular complexity index is 2170. The summed E-state index contributed by atoms with van der Waals surface area (Å²) in [6.07, 6.45) is 3.23. The molecule has 0 aromatic heterocycles. The number of imide groups is 2. The number of ether oxygens (including phenoxy) is 3. The molecule has 63 heavy (non-hydrogen) atoms. The predicted octanol–water partition coefficient (Wildman–Crippen LogP) is 11.7. The van der Waals surface area contributed by atoms with Crippen molar-refractivity contribution in [3.63, 3.8) is 0 Å². The summed E-state index contributed by atoms with van der Waals surface area (Å²) in [6.45, 7) is 26.4. The van der Waals surface area contributed by atoms with Gasteiger partial charge in [0.05, 0.1) is 28.9 Å². The molecule has 0 bridgehead atoms. The molecule has 2 heterocycles. The minimum atomic E-state index is -0.349. The Morgan fingerprint density at radius 1 is 0.508 bits per heavy atom. The molecule has 340 valence electrons. The fourth-order valence-electron chi connectivity index (χ4n) is 7.00. The van der Waals surface area contributed by atoms with Crippen molar-refractivity contribution in [1.29, 1.82) is 0 Å². The summed E-state index contributed by atoms with van der Waals surface area (Å²) in [7, 11) is 0. The van der Waals surface area contributed by atoms with Gasteiger partial charge < -0.3 is 19.3 Å². The van der Waals surface area contributed by atoms with Crippen LogP contribution in [0, 0.1) is 10.8 Å². The smallest absolute Gasteiger partial charge is 0.261 e. The largest absolute Gasteiger partial charge is 0.504 e. The first-order valence-electron chi connectivity index (χ1n) is 21.7. The Kier molecular flexibility index (Phi) is 16.8. The van der Waals surface area contributed by atoms with Crippen molar-refractivity contribution < 1.29 is 38.5 Å². The van der Waals surface area contributed by atoms with Crippen LogP contribution in [0.5, 0.6) is 23.0 Å². The summed E-state index contributed by atoms with van der Waals surface area (Å²) in [5, 5.41) is 10.6. The van der Waals surface area contributed by atoms with Crippen molar-refractivity contribution in [2.24, 2.45) is 10.8 Å². The van der Waals surface area contributed by atoms with Gasteiger partial charge in [-0.15, -0.1) is 0 Å². The van der Waals surface area contributed by atoms with Crippen molar-refractivity contribution in [1.82, 2.24) is 9.80 Å². The molecule has 0 saturated heterocycles. The zero-order chi connectivity index (χ0) is 46.9. The summed E-state index contributed by atoms with van der Waals surface area (Å²) >= 11 is 3.28. The van der Waals surface area contributed by atoms with Gasteiger partial charge in [0.15, 0.2) is 23.0 Å². The highest BCUT2D eigenvalue weighted by Gasteiger charge is 2.35. The number of alkyl halides is 1. The summed E-state index contributed by atoms with van der Waals surface area (Å²) < 4.78 is 17.9. The van der Waals surface area contributed by atoms with Crippen LogP contribution in [0.2, 0.25) is 0 Å². The molecule has 0 atom stereocenters. The third kappa shape index (κ3) is 15.3. The molecule has 2 aliphatic heterocycles. The summed E-state index contributed by atoms with van der Waals surface area (Å²) in [4.78, 5) is 51.2. The van der Waals surface area contributed by atoms with Gasteiger partial charge in [-0.2, -0.15) is 0 Å². The van der Waals surface area contributed by atoms with Crippen LogP contribution in [-0.4, -0.2) is 74.8 Å². The van der Waals surface area contributed by atoms with Gasteiger partial charge in [0.25, 0.3) is 23.6 Å². The van der Waals surface area contributed by atoms with E-state index in [9.17, 15) is 24.3 Å². The first kappa shape index (κ1) is 50.5. The minimum absolute atomic E-state index is 0.170. The second kappa shape index (κ2) is 21.0. The number of hydrogen-bond acceptors (Lipinski definition) is 8. The van der Waals surface area contributed by atoms with E-state index in [0.29, 0.717) is 59.9 Å². The van der Waals surface area contributed by atoms with Crippen LogP contribution in [0.1, 0.15) is 148 Å². The van der Waals surface area contributed by atoms with Crippen molar-refractivity contribution in [3.8, 4) is 23.0 Å². The number of aromatic hydroxyl groups is 1. The van der Waals surface area contributed by atoms with Crippen LogP contribution in [-0.2, 0) is 12.8 Å². The Labute approximate surface area is 383 Å². The number of phenols is 1. The molecule has 0 spiro atoms. The fourth-order valence-corrected chi connectivity index (χ4v) is 7.25. The monoisotopic (exact) mass is 926 g/mol. The van der Waals surface area contributed by atoms with Gasteiger partial charge in [-0.25, -0.2) is 0 Å². The fraction of sp³-hybridized carbons (Fsp3) is 0.462. The molecule has 2 aliphatic rings. The first-order valence-corrected chi connectivity index (χ1v) is 22.8. The van der Waals surface area contributed by atoms with Crippen LogP contribution >= 0.6 is 15.9 Å². The number of carbonyl (C=O) groups is 4. The Hall–Kier alpha value is -5.16. The Balaban J connectivity index is 0.000000229. The molecule has 0 saturated carbocycles. The third-order valence-corrected chi connectivity index (χ3v) is 9.95. The second-order valence-corrected chi connectivity index (χ2v) is 21.1. The Morgan fingerprint density at radius 2 is 0.889 bits per heavy atom. The lowest BCUT2D eigenvalue weighted by Gasteiger charge is -2.25. The molecule has 4 aromatic rings. The number of hydrogen-bond donors (Lipinski definition) is 1. The number of carbonyl (C=O) groups excluding carboxylic acids is 4. The van der Waals surface area contributed by atoms with Crippen molar-refractivity contribution in [3.05, 3.63) is 118 Å². The molecule has 1 N–H and O–H groups in total. The van der Waals surface area contributed by atoms with Gasteiger partial charge in [-0.1, -0.05) is 93.9 Å². The van der Waals surface area contributed by atoms with Crippen LogP contribution in [0.15, 0.2) is 84.9 Å². The van der Waals surface area contributed by atoms with E-state index >= 15 is 0 Å². The zero-order valence-electron chi connectivity index (χ0n) is 39.3. The van der Waals surface area contributed by atoms with Gasteiger partial charge in [0.2, 0.25) is 0 Å². The van der Waals surface area contributed by atoms with Crippen molar-refractivity contribution in [2.45, 2.75) is 120 Å². The average molecular weight is 928 g/mol. The molecule has 0 radical (unpaired) electrons. The maximum Gasteiger partial charge on any atom is 0.261 e. The first-order chi connectivity index (χ1) is 29.3. The van der Waals surface area contributed by atoms with Gasteiger partial charge in [-0.3, -0.25) is 29.0 Å². The van der Waals surface area contributed by atoms with Crippen molar-refractivity contribution >= 4 is 39.6 Å². The van der Waals surface area contributed by atoms with E-state index in [2.05, 4.69) is 69.6 Å². The molecule has 4 aromatic carbocycles. The van der Waals surface area contributed by atoms with Crippen LogP contribution < -0.4 is 14.2 Å². The molecule has 0 unspecified atom stereocenters. The van der Waals surface area contributed by atoms with E-state index in [0.717, 1.165) is 30.3 Å². The molecule has 6 rings (SSSR count). The molecule has 11 heteroatoms. The van der Waals surface area contributed by atoms with E-state index in [1.807, 2.05) is 59.7 Å². The number of halogens is 1. The van der Waals surface area contributed by atoms with Crippen LogP contribution in [0.3, 0.4) is 0 Å². The lowest BCUT2D eigenvalue weighted by molar-refractivity contribution is 0.0634. The van der Waals surface area contributed by atoms with Crippen LogP contribution in [0.4, 0.5) is 0 Å². The highest BCUT2D eigenvalue weighted by molar-refractivity contribution is 9.09. The summed E-state index contributed by atoms with van der Waals surface area (Å²) in [5.74, 6) is 1.36. The molecule has 0 fully saturated rings. The number of phenolic OH excluding ortho intramolecular Hbond substituents is 1. The van der Waals surface area contributed by atoms with E-state index in [1.165, 1.54) is 20.9 Å². The van der Waals surface area contributed by atoms with Crippen molar-refractivity contribution in [2.75, 3.05) is 25.0 Å². The lowest BCUT2D eigenvalue weighted by Crippen LogP contribution is -2.31. The maximum atomic E-state index is 12.5. The average Bonchev–Trinajstić information content (AvgIpc) is 3.56. The number of nitrogens with zero attached hydrogens (tertiary/aromatic N) is 2. The van der Waals surface area contributed by atoms with Crippen LogP contribution in [0.25, 0.3) is 0 Å². The van der Waals surface area contributed by atoms with Gasteiger partial charge in [-0.05, 0) is 138 Å². The summed E-state index contributed by atoms with van der Waals surface area (Å²) in [5.41, 5.74) is 4.15.